The van der Waals surface area contributed by atoms with Crippen LogP contribution in [0.4, 0.5) is 5.82 Å². The highest BCUT2D eigenvalue weighted by Crippen LogP contribution is 2.26. The van der Waals surface area contributed by atoms with E-state index < -0.39 is 0 Å². The van der Waals surface area contributed by atoms with E-state index in [4.69, 9.17) is 11.6 Å². The number of rotatable bonds is 2. The van der Waals surface area contributed by atoms with Gasteiger partial charge in [0.2, 0.25) is 0 Å². The Morgan fingerprint density at radius 1 is 1.31 bits per heavy atom. The molecule has 16 heavy (non-hydrogen) atoms. The van der Waals surface area contributed by atoms with E-state index in [0.29, 0.717) is 0 Å². The summed E-state index contributed by atoms with van der Waals surface area (Å²) in [6, 6.07) is 6.08. The normalized spacial score (nSPS) is 10.8. The molecular formula is C13H15ClN2. The number of hydrogen-bond donors (Lipinski definition) is 1. The monoisotopic (exact) mass is 234 g/mol. The second kappa shape index (κ2) is 4.30. The van der Waals surface area contributed by atoms with E-state index >= 15 is 0 Å². The number of halogens is 1. The fourth-order valence-corrected chi connectivity index (χ4v) is 1.96. The van der Waals surface area contributed by atoms with Gasteiger partial charge in [0, 0.05) is 17.0 Å². The number of hydrogen-bond acceptors (Lipinski definition) is 2. The number of benzene rings is 1. The van der Waals surface area contributed by atoms with Crippen molar-refractivity contribution in [1.29, 1.82) is 0 Å². The average molecular weight is 235 g/mol. The molecule has 0 aliphatic heterocycles. The van der Waals surface area contributed by atoms with E-state index in [-0.39, 0.29) is 0 Å². The number of aryl methyl sites for hydroxylation is 2. The van der Waals surface area contributed by atoms with Crippen LogP contribution in [-0.2, 0) is 0 Å². The number of anilines is 1. The lowest BCUT2D eigenvalue weighted by atomic mass is 10.1. The van der Waals surface area contributed by atoms with Crippen molar-refractivity contribution in [1.82, 2.24) is 4.98 Å². The van der Waals surface area contributed by atoms with Gasteiger partial charge in [-0.2, -0.15) is 0 Å². The summed E-state index contributed by atoms with van der Waals surface area (Å²) < 4.78 is 0. The Bertz CT molecular complexity index is 535. The van der Waals surface area contributed by atoms with Crippen LogP contribution in [0, 0.1) is 13.8 Å². The second-order valence-corrected chi connectivity index (χ2v) is 4.34. The van der Waals surface area contributed by atoms with Crippen molar-refractivity contribution in [3.8, 4) is 0 Å². The third-order valence-corrected chi connectivity index (χ3v) is 3.12. The minimum Gasteiger partial charge on any atom is -0.370 e. The van der Waals surface area contributed by atoms with Gasteiger partial charge in [0.1, 0.15) is 5.82 Å². The Labute approximate surface area is 101 Å². The van der Waals surface area contributed by atoms with Crippen molar-refractivity contribution in [3.05, 3.63) is 34.3 Å². The number of aromatic nitrogens is 1. The van der Waals surface area contributed by atoms with Crippen LogP contribution in [0.5, 0.6) is 0 Å². The molecule has 3 heteroatoms. The van der Waals surface area contributed by atoms with Crippen LogP contribution >= 0.6 is 11.6 Å². The summed E-state index contributed by atoms with van der Waals surface area (Å²) >= 11 is 6.10. The van der Waals surface area contributed by atoms with Crippen LogP contribution in [0.15, 0.2) is 18.2 Å². The molecule has 0 aliphatic rings. The summed E-state index contributed by atoms with van der Waals surface area (Å²) in [5, 5.41) is 5.17. The standard InChI is InChI=1S/C13H15ClN2/c1-4-15-13-8(2)7-10-5-6-11(14)9(3)12(10)16-13/h5-7H,4H2,1-3H3,(H,15,16). The molecule has 2 aromatic rings. The van der Waals surface area contributed by atoms with Crippen molar-refractivity contribution in [2.45, 2.75) is 20.8 Å². The Morgan fingerprint density at radius 2 is 2.06 bits per heavy atom. The van der Waals surface area contributed by atoms with E-state index in [9.17, 15) is 0 Å². The molecule has 1 aromatic carbocycles. The lowest BCUT2D eigenvalue weighted by Crippen LogP contribution is -2.02. The smallest absolute Gasteiger partial charge is 0.129 e. The van der Waals surface area contributed by atoms with Crippen molar-refractivity contribution in [2.24, 2.45) is 0 Å². The minimum atomic E-state index is 0.770. The number of pyridine rings is 1. The highest BCUT2D eigenvalue weighted by atomic mass is 35.5. The maximum atomic E-state index is 6.10. The SMILES string of the molecule is CCNc1nc2c(C)c(Cl)ccc2cc1C. The van der Waals surface area contributed by atoms with Crippen molar-refractivity contribution in [3.63, 3.8) is 0 Å². The van der Waals surface area contributed by atoms with Crippen molar-refractivity contribution >= 4 is 28.3 Å². The Hall–Kier alpha value is -1.28. The lowest BCUT2D eigenvalue weighted by molar-refractivity contribution is 1.15. The molecule has 0 spiro atoms. The maximum absolute atomic E-state index is 6.10. The highest BCUT2D eigenvalue weighted by molar-refractivity contribution is 6.32. The van der Waals surface area contributed by atoms with Gasteiger partial charge in [0.15, 0.2) is 0 Å². The third kappa shape index (κ3) is 1.85. The molecule has 0 unspecified atom stereocenters. The molecule has 0 amide bonds. The van der Waals surface area contributed by atoms with Gasteiger partial charge in [-0.1, -0.05) is 17.7 Å². The first-order chi connectivity index (χ1) is 7.63. The molecule has 0 bridgehead atoms. The van der Waals surface area contributed by atoms with Gasteiger partial charge < -0.3 is 5.32 Å². The summed E-state index contributed by atoms with van der Waals surface area (Å²) in [6.45, 7) is 7.01. The molecule has 1 N–H and O–H groups in total. The average Bonchev–Trinajstić information content (AvgIpc) is 2.26. The maximum Gasteiger partial charge on any atom is 0.129 e. The van der Waals surface area contributed by atoms with Gasteiger partial charge in [-0.15, -0.1) is 0 Å². The molecule has 0 aliphatic carbocycles. The minimum absolute atomic E-state index is 0.770. The molecule has 1 aromatic heterocycles. The first kappa shape index (κ1) is 11.2. The van der Waals surface area contributed by atoms with Gasteiger partial charge in [-0.25, -0.2) is 4.98 Å². The van der Waals surface area contributed by atoms with Crippen molar-refractivity contribution in [2.75, 3.05) is 11.9 Å². The molecule has 2 nitrogen and oxygen atoms in total. The van der Waals surface area contributed by atoms with Crippen LogP contribution in [0.1, 0.15) is 18.1 Å². The van der Waals surface area contributed by atoms with E-state index in [1.807, 2.05) is 19.1 Å². The van der Waals surface area contributed by atoms with Crippen molar-refractivity contribution < 1.29 is 0 Å². The van der Waals surface area contributed by atoms with Crippen LogP contribution in [-0.4, -0.2) is 11.5 Å². The zero-order valence-corrected chi connectivity index (χ0v) is 10.5. The zero-order chi connectivity index (χ0) is 11.7. The van der Waals surface area contributed by atoms with Gasteiger partial charge in [0.05, 0.1) is 5.52 Å². The predicted octanol–water partition coefficient (Wildman–Crippen LogP) is 3.94. The quantitative estimate of drug-likeness (QED) is 0.852. The van der Waals surface area contributed by atoms with Crippen LogP contribution in [0.25, 0.3) is 10.9 Å². The summed E-state index contributed by atoms with van der Waals surface area (Å²) in [5.41, 5.74) is 3.18. The van der Waals surface area contributed by atoms with Gasteiger partial charge in [-0.3, -0.25) is 0 Å². The van der Waals surface area contributed by atoms with E-state index in [1.54, 1.807) is 0 Å². The molecule has 0 atom stereocenters. The predicted molar refractivity (Wildman–Crippen MR) is 70.4 cm³/mol. The Morgan fingerprint density at radius 3 is 2.75 bits per heavy atom. The molecule has 2 rings (SSSR count). The zero-order valence-electron chi connectivity index (χ0n) is 9.76. The Kier molecular flexibility index (Phi) is 3.01. The molecule has 1 heterocycles. The lowest BCUT2D eigenvalue weighted by Gasteiger charge is -2.10. The third-order valence-electron chi connectivity index (χ3n) is 2.71. The molecule has 0 radical (unpaired) electrons. The number of nitrogens with one attached hydrogen (secondary N) is 1. The fourth-order valence-electron chi connectivity index (χ4n) is 1.81. The van der Waals surface area contributed by atoms with Crippen LogP contribution in [0.2, 0.25) is 5.02 Å². The van der Waals surface area contributed by atoms with E-state index in [2.05, 4.69) is 30.2 Å². The van der Waals surface area contributed by atoms with E-state index in [0.717, 1.165) is 39.4 Å². The highest BCUT2D eigenvalue weighted by Gasteiger charge is 2.06. The van der Waals surface area contributed by atoms with Crippen LogP contribution in [0.3, 0.4) is 0 Å². The first-order valence-electron chi connectivity index (χ1n) is 5.43. The summed E-state index contributed by atoms with van der Waals surface area (Å²) in [4.78, 5) is 4.63. The second-order valence-electron chi connectivity index (χ2n) is 3.93. The fraction of sp³-hybridized carbons (Fsp3) is 0.308. The van der Waals surface area contributed by atoms with Gasteiger partial charge in [0.25, 0.3) is 0 Å². The van der Waals surface area contributed by atoms with Crippen LogP contribution < -0.4 is 5.32 Å². The van der Waals surface area contributed by atoms with Gasteiger partial charge in [-0.05, 0) is 44.0 Å². The largest absolute Gasteiger partial charge is 0.370 e. The summed E-state index contributed by atoms with van der Waals surface area (Å²) in [5.74, 6) is 0.945. The molecule has 0 saturated heterocycles. The molecular weight excluding hydrogens is 220 g/mol. The van der Waals surface area contributed by atoms with Gasteiger partial charge >= 0.3 is 0 Å². The molecule has 0 saturated carbocycles. The van der Waals surface area contributed by atoms with E-state index in [1.165, 1.54) is 0 Å². The first-order valence-corrected chi connectivity index (χ1v) is 5.81. The number of fused-ring (bicyclic) bond motifs is 1. The summed E-state index contributed by atoms with van der Waals surface area (Å²) in [7, 11) is 0. The molecule has 0 fully saturated rings. The Balaban J connectivity index is 2.70. The number of nitrogens with zero attached hydrogens (tertiary/aromatic N) is 1. The summed E-state index contributed by atoms with van der Waals surface area (Å²) in [6.07, 6.45) is 0. The topological polar surface area (TPSA) is 24.9 Å². The molecule has 84 valence electrons.